The molecule has 0 amide bonds. The second-order valence-corrected chi connectivity index (χ2v) is 4.76. The molecule has 0 radical (unpaired) electrons. The van der Waals surface area contributed by atoms with Gasteiger partial charge in [-0.1, -0.05) is 6.92 Å². The predicted octanol–water partition coefficient (Wildman–Crippen LogP) is 2.51. The third kappa shape index (κ3) is 2.48. The summed E-state index contributed by atoms with van der Waals surface area (Å²) in [6.07, 6.45) is 4.62. The molecule has 0 saturated heterocycles. The number of aromatic nitrogens is 2. The molecule has 1 unspecified atom stereocenters. The lowest BCUT2D eigenvalue weighted by atomic mass is 9.93. The van der Waals surface area contributed by atoms with Crippen molar-refractivity contribution in [2.24, 2.45) is 0 Å². The molecule has 1 N–H and O–H groups in total. The van der Waals surface area contributed by atoms with Crippen LogP contribution in [0.4, 0.5) is 0 Å². The average molecular weight is 248 g/mol. The fourth-order valence-corrected chi connectivity index (χ4v) is 2.13. The minimum atomic E-state index is -0.926. The number of hydrogen-bond acceptors (Lipinski definition) is 3. The zero-order valence-electron chi connectivity index (χ0n) is 11.2. The van der Waals surface area contributed by atoms with Crippen LogP contribution in [0, 0.1) is 0 Å². The Morgan fingerprint density at radius 1 is 1.44 bits per heavy atom. The maximum atomic E-state index is 10.5. The first-order chi connectivity index (χ1) is 8.56. The van der Waals surface area contributed by atoms with E-state index in [-0.39, 0.29) is 0 Å². The predicted molar refractivity (Wildman–Crippen MR) is 69.3 cm³/mol. The molecule has 2 aromatic rings. The normalized spacial score (nSPS) is 14.7. The molecule has 0 bridgehead atoms. The van der Waals surface area contributed by atoms with E-state index in [1.54, 1.807) is 25.5 Å². The van der Waals surface area contributed by atoms with Crippen LogP contribution in [0.1, 0.15) is 37.7 Å². The third-order valence-corrected chi connectivity index (χ3v) is 3.24. The molecule has 2 rings (SSSR count). The topological polar surface area (TPSA) is 51.2 Å². The van der Waals surface area contributed by atoms with Gasteiger partial charge in [-0.15, -0.1) is 0 Å². The van der Waals surface area contributed by atoms with Crippen molar-refractivity contribution < 1.29 is 9.52 Å². The SMILES string of the molecule is CCc1cc(CC(C)(O)c2ccoc2)n(CC)n1. The van der Waals surface area contributed by atoms with Crippen LogP contribution >= 0.6 is 0 Å². The molecule has 98 valence electrons. The summed E-state index contributed by atoms with van der Waals surface area (Å²) >= 11 is 0. The van der Waals surface area contributed by atoms with E-state index in [9.17, 15) is 5.11 Å². The van der Waals surface area contributed by atoms with Crippen molar-refractivity contribution in [2.75, 3.05) is 0 Å². The number of nitrogens with zero attached hydrogens (tertiary/aromatic N) is 2. The third-order valence-electron chi connectivity index (χ3n) is 3.24. The van der Waals surface area contributed by atoms with Crippen LogP contribution in [0.2, 0.25) is 0 Å². The molecule has 18 heavy (non-hydrogen) atoms. The molecule has 4 heteroatoms. The van der Waals surface area contributed by atoms with Gasteiger partial charge in [-0.25, -0.2) is 0 Å². The summed E-state index contributed by atoms with van der Waals surface area (Å²) in [5, 5.41) is 15.0. The molecule has 0 aliphatic carbocycles. The zero-order valence-corrected chi connectivity index (χ0v) is 11.2. The molecule has 0 fully saturated rings. The monoisotopic (exact) mass is 248 g/mol. The van der Waals surface area contributed by atoms with Gasteiger partial charge in [0.15, 0.2) is 0 Å². The maximum absolute atomic E-state index is 10.5. The molecule has 2 heterocycles. The summed E-state index contributed by atoms with van der Waals surface area (Å²) in [5.74, 6) is 0. The first-order valence-corrected chi connectivity index (χ1v) is 6.37. The number of hydrogen-bond donors (Lipinski definition) is 1. The van der Waals surface area contributed by atoms with Gasteiger partial charge in [0.25, 0.3) is 0 Å². The second-order valence-electron chi connectivity index (χ2n) is 4.76. The molecule has 0 aliphatic heterocycles. The highest BCUT2D eigenvalue weighted by atomic mass is 16.3. The molecule has 0 spiro atoms. The molecule has 0 saturated carbocycles. The van der Waals surface area contributed by atoms with Crippen molar-refractivity contribution in [3.8, 4) is 0 Å². The number of aliphatic hydroxyl groups is 1. The number of aryl methyl sites for hydroxylation is 2. The molecular weight excluding hydrogens is 228 g/mol. The largest absolute Gasteiger partial charge is 0.472 e. The maximum Gasteiger partial charge on any atom is 0.0963 e. The Morgan fingerprint density at radius 2 is 2.22 bits per heavy atom. The fraction of sp³-hybridized carbons (Fsp3) is 0.500. The Morgan fingerprint density at radius 3 is 2.78 bits per heavy atom. The van der Waals surface area contributed by atoms with E-state index in [0.717, 1.165) is 29.9 Å². The van der Waals surface area contributed by atoms with Crippen molar-refractivity contribution in [1.29, 1.82) is 0 Å². The van der Waals surface area contributed by atoms with E-state index < -0.39 is 5.60 Å². The van der Waals surface area contributed by atoms with E-state index in [1.807, 2.05) is 4.68 Å². The number of rotatable bonds is 5. The smallest absolute Gasteiger partial charge is 0.0963 e. The van der Waals surface area contributed by atoms with Crippen LogP contribution in [-0.2, 0) is 25.0 Å². The Labute approximate surface area is 107 Å². The van der Waals surface area contributed by atoms with Crippen LogP contribution in [0.25, 0.3) is 0 Å². The Balaban J connectivity index is 2.25. The van der Waals surface area contributed by atoms with Gasteiger partial charge in [0, 0.05) is 24.2 Å². The number of furan rings is 1. The summed E-state index contributed by atoms with van der Waals surface area (Å²) in [6.45, 7) is 6.76. The molecule has 2 aromatic heterocycles. The van der Waals surface area contributed by atoms with Gasteiger partial charge in [0.05, 0.1) is 23.8 Å². The quantitative estimate of drug-likeness (QED) is 0.884. The minimum Gasteiger partial charge on any atom is -0.472 e. The first kappa shape index (κ1) is 12.9. The highest BCUT2D eigenvalue weighted by Crippen LogP contribution is 2.26. The second kappa shape index (κ2) is 4.98. The molecule has 0 aromatic carbocycles. The first-order valence-electron chi connectivity index (χ1n) is 6.37. The summed E-state index contributed by atoms with van der Waals surface area (Å²) in [5.41, 5.74) is 1.99. The van der Waals surface area contributed by atoms with Gasteiger partial charge in [0.1, 0.15) is 0 Å². The Kier molecular flexibility index (Phi) is 3.57. The Hall–Kier alpha value is -1.55. The van der Waals surface area contributed by atoms with Gasteiger partial charge < -0.3 is 9.52 Å². The van der Waals surface area contributed by atoms with E-state index in [2.05, 4.69) is 25.0 Å². The lowest BCUT2D eigenvalue weighted by molar-refractivity contribution is 0.0548. The average Bonchev–Trinajstić information content (AvgIpc) is 2.97. The molecule has 1 atom stereocenters. The van der Waals surface area contributed by atoms with Gasteiger partial charge in [-0.05, 0) is 32.4 Å². The minimum absolute atomic E-state index is 0.535. The van der Waals surface area contributed by atoms with Crippen molar-refractivity contribution in [3.63, 3.8) is 0 Å². The van der Waals surface area contributed by atoms with Crippen LogP contribution in [0.3, 0.4) is 0 Å². The van der Waals surface area contributed by atoms with Crippen LogP contribution < -0.4 is 0 Å². The van der Waals surface area contributed by atoms with Crippen molar-refractivity contribution in [2.45, 2.75) is 45.8 Å². The standard InChI is InChI=1S/C14H20N2O2/c1-4-12-8-13(16(5-2)15-12)9-14(3,17)11-6-7-18-10-11/h6-8,10,17H,4-5,9H2,1-3H3. The zero-order chi connectivity index (χ0) is 13.2. The van der Waals surface area contributed by atoms with Gasteiger partial charge in [-0.3, -0.25) is 4.68 Å². The van der Waals surface area contributed by atoms with Crippen molar-refractivity contribution in [1.82, 2.24) is 9.78 Å². The summed E-state index contributed by atoms with van der Waals surface area (Å²) < 4.78 is 6.99. The van der Waals surface area contributed by atoms with Gasteiger partial charge in [-0.2, -0.15) is 5.10 Å². The van der Waals surface area contributed by atoms with Crippen LogP contribution in [0.15, 0.2) is 29.1 Å². The summed E-state index contributed by atoms with van der Waals surface area (Å²) in [6, 6.07) is 3.87. The van der Waals surface area contributed by atoms with Crippen LogP contribution in [-0.4, -0.2) is 14.9 Å². The van der Waals surface area contributed by atoms with E-state index in [0.29, 0.717) is 6.42 Å². The van der Waals surface area contributed by atoms with Gasteiger partial charge >= 0.3 is 0 Å². The van der Waals surface area contributed by atoms with E-state index >= 15 is 0 Å². The molecule has 4 nitrogen and oxygen atoms in total. The van der Waals surface area contributed by atoms with Crippen molar-refractivity contribution >= 4 is 0 Å². The van der Waals surface area contributed by atoms with Gasteiger partial charge in [0.2, 0.25) is 0 Å². The highest BCUT2D eigenvalue weighted by molar-refractivity contribution is 5.20. The van der Waals surface area contributed by atoms with Crippen LogP contribution in [0.5, 0.6) is 0 Å². The van der Waals surface area contributed by atoms with E-state index in [4.69, 9.17) is 4.42 Å². The summed E-state index contributed by atoms with van der Waals surface area (Å²) in [4.78, 5) is 0. The van der Waals surface area contributed by atoms with E-state index in [1.165, 1.54) is 0 Å². The molecule has 0 aliphatic rings. The Bertz CT molecular complexity index is 498. The highest BCUT2D eigenvalue weighted by Gasteiger charge is 2.26. The fourth-order valence-electron chi connectivity index (χ4n) is 2.13. The lowest BCUT2D eigenvalue weighted by Crippen LogP contribution is -2.25. The molecular formula is C14H20N2O2. The lowest BCUT2D eigenvalue weighted by Gasteiger charge is -2.21. The van der Waals surface area contributed by atoms with Crippen molar-refractivity contribution in [3.05, 3.63) is 41.6 Å². The summed E-state index contributed by atoms with van der Waals surface area (Å²) in [7, 11) is 0.